The lowest BCUT2D eigenvalue weighted by Crippen LogP contribution is -2.35. The third-order valence-electron chi connectivity index (χ3n) is 4.01. The van der Waals surface area contributed by atoms with Crippen molar-refractivity contribution < 1.29 is 4.74 Å². The Morgan fingerprint density at radius 2 is 2.35 bits per heavy atom. The van der Waals surface area contributed by atoms with Gasteiger partial charge in [0.2, 0.25) is 5.65 Å². The Morgan fingerprint density at radius 1 is 1.45 bits per heavy atom. The Balaban J connectivity index is 1.84. The van der Waals surface area contributed by atoms with Gasteiger partial charge in [-0.15, -0.1) is 10.2 Å². The average molecular weight is 276 g/mol. The molecule has 3 heterocycles. The summed E-state index contributed by atoms with van der Waals surface area (Å²) in [7, 11) is 0. The molecule has 0 bridgehead atoms. The minimum absolute atomic E-state index is 0.0779. The van der Waals surface area contributed by atoms with E-state index in [1.54, 1.807) is 15.3 Å². The number of rotatable bonds is 4. The first-order valence-electron chi connectivity index (χ1n) is 7.30. The minimum atomic E-state index is -0.0779. The average Bonchev–Trinajstić information content (AvgIpc) is 2.93. The lowest BCUT2D eigenvalue weighted by atomic mass is 9.91. The fourth-order valence-electron chi connectivity index (χ4n) is 2.96. The Bertz CT molecular complexity index is 631. The molecule has 0 amide bonds. The highest BCUT2D eigenvalue weighted by atomic mass is 16.5. The second kappa shape index (κ2) is 5.75. The van der Waals surface area contributed by atoms with Gasteiger partial charge in [0.25, 0.3) is 5.56 Å². The molecular formula is C14H20N4O2. The molecule has 1 aliphatic rings. The molecule has 6 heteroatoms. The highest BCUT2D eigenvalue weighted by molar-refractivity contribution is 5.32. The standard InChI is InChI=1S/C14H20N4O2/c1-2-4-12-11(5-3-8-20-12)9-17-6-7-18-10-15-16-13(18)14(17)19/h6-7,10-12H,2-5,8-9H2,1H3. The Hall–Kier alpha value is -1.69. The van der Waals surface area contributed by atoms with E-state index in [0.29, 0.717) is 18.1 Å². The number of fused-ring (bicyclic) bond motifs is 1. The monoisotopic (exact) mass is 276 g/mol. The van der Waals surface area contributed by atoms with Crippen molar-refractivity contribution in [3.8, 4) is 0 Å². The molecule has 6 nitrogen and oxygen atoms in total. The molecule has 1 aliphatic heterocycles. The van der Waals surface area contributed by atoms with Crippen molar-refractivity contribution in [2.75, 3.05) is 6.61 Å². The van der Waals surface area contributed by atoms with Crippen molar-refractivity contribution in [3.05, 3.63) is 29.1 Å². The van der Waals surface area contributed by atoms with Gasteiger partial charge < -0.3 is 9.30 Å². The molecule has 0 aromatic carbocycles. The van der Waals surface area contributed by atoms with E-state index in [1.807, 2.05) is 12.4 Å². The lowest BCUT2D eigenvalue weighted by Gasteiger charge is -2.32. The maximum absolute atomic E-state index is 12.3. The summed E-state index contributed by atoms with van der Waals surface area (Å²) in [5, 5.41) is 7.65. The van der Waals surface area contributed by atoms with Gasteiger partial charge in [-0.3, -0.25) is 9.20 Å². The van der Waals surface area contributed by atoms with E-state index in [1.165, 1.54) is 0 Å². The topological polar surface area (TPSA) is 61.4 Å². The van der Waals surface area contributed by atoms with Gasteiger partial charge in [0.05, 0.1) is 6.10 Å². The highest BCUT2D eigenvalue weighted by Crippen LogP contribution is 2.25. The summed E-state index contributed by atoms with van der Waals surface area (Å²) >= 11 is 0. The summed E-state index contributed by atoms with van der Waals surface area (Å²) in [5.41, 5.74) is 0.307. The van der Waals surface area contributed by atoms with Crippen LogP contribution in [0.25, 0.3) is 5.65 Å². The molecule has 108 valence electrons. The molecule has 0 spiro atoms. The lowest BCUT2D eigenvalue weighted by molar-refractivity contribution is -0.0365. The van der Waals surface area contributed by atoms with Crippen molar-refractivity contribution in [2.24, 2.45) is 5.92 Å². The summed E-state index contributed by atoms with van der Waals surface area (Å²) in [5.74, 6) is 0.409. The van der Waals surface area contributed by atoms with Crippen molar-refractivity contribution in [3.63, 3.8) is 0 Å². The fraction of sp³-hybridized carbons (Fsp3) is 0.643. The zero-order valence-electron chi connectivity index (χ0n) is 11.7. The number of ether oxygens (including phenoxy) is 1. The maximum Gasteiger partial charge on any atom is 0.296 e. The van der Waals surface area contributed by atoms with E-state index in [0.717, 1.165) is 32.3 Å². The first-order chi connectivity index (χ1) is 9.79. The van der Waals surface area contributed by atoms with Gasteiger partial charge in [0.15, 0.2) is 0 Å². The number of hydrogen-bond acceptors (Lipinski definition) is 4. The first kappa shape index (κ1) is 13.3. The Kier molecular flexibility index (Phi) is 3.82. The van der Waals surface area contributed by atoms with Crippen LogP contribution in [0.1, 0.15) is 32.6 Å². The number of aromatic nitrogens is 4. The molecule has 0 saturated carbocycles. The largest absolute Gasteiger partial charge is 0.378 e. The minimum Gasteiger partial charge on any atom is -0.378 e. The second-order valence-electron chi connectivity index (χ2n) is 5.42. The van der Waals surface area contributed by atoms with Gasteiger partial charge >= 0.3 is 0 Å². The molecule has 0 radical (unpaired) electrons. The molecule has 3 rings (SSSR count). The van der Waals surface area contributed by atoms with Crippen molar-refractivity contribution in [2.45, 2.75) is 45.3 Å². The van der Waals surface area contributed by atoms with Gasteiger partial charge in [0.1, 0.15) is 6.33 Å². The van der Waals surface area contributed by atoms with Crippen molar-refractivity contribution in [1.82, 2.24) is 19.2 Å². The van der Waals surface area contributed by atoms with Crippen LogP contribution in [0.15, 0.2) is 23.5 Å². The van der Waals surface area contributed by atoms with Gasteiger partial charge in [0, 0.05) is 31.5 Å². The van der Waals surface area contributed by atoms with E-state index in [4.69, 9.17) is 4.74 Å². The molecule has 2 unspecified atom stereocenters. The smallest absolute Gasteiger partial charge is 0.296 e. The van der Waals surface area contributed by atoms with Crippen LogP contribution in [-0.4, -0.2) is 31.9 Å². The van der Waals surface area contributed by atoms with Crippen LogP contribution in [-0.2, 0) is 11.3 Å². The van der Waals surface area contributed by atoms with Crippen LogP contribution < -0.4 is 5.56 Å². The van der Waals surface area contributed by atoms with E-state index in [-0.39, 0.29) is 11.7 Å². The highest BCUT2D eigenvalue weighted by Gasteiger charge is 2.26. The summed E-state index contributed by atoms with van der Waals surface area (Å²) < 4.78 is 9.26. The van der Waals surface area contributed by atoms with Crippen LogP contribution in [0.5, 0.6) is 0 Å². The van der Waals surface area contributed by atoms with Crippen LogP contribution >= 0.6 is 0 Å². The van der Waals surface area contributed by atoms with E-state index in [9.17, 15) is 4.79 Å². The molecule has 1 fully saturated rings. The zero-order chi connectivity index (χ0) is 13.9. The molecule has 2 atom stereocenters. The molecular weight excluding hydrogens is 256 g/mol. The number of nitrogens with zero attached hydrogens (tertiary/aromatic N) is 4. The molecule has 0 aliphatic carbocycles. The molecule has 1 saturated heterocycles. The zero-order valence-corrected chi connectivity index (χ0v) is 11.7. The van der Waals surface area contributed by atoms with Crippen LogP contribution in [0.4, 0.5) is 0 Å². The summed E-state index contributed by atoms with van der Waals surface area (Å²) in [6, 6.07) is 0. The van der Waals surface area contributed by atoms with E-state index >= 15 is 0 Å². The molecule has 2 aromatic heterocycles. The van der Waals surface area contributed by atoms with Crippen LogP contribution in [0.3, 0.4) is 0 Å². The molecule has 2 aromatic rings. The van der Waals surface area contributed by atoms with Gasteiger partial charge in [-0.1, -0.05) is 13.3 Å². The van der Waals surface area contributed by atoms with E-state index in [2.05, 4.69) is 17.1 Å². The Morgan fingerprint density at radius 3 is 3.20 bits per heavy atom. The second-order valence-corrected chi connectivity index (χ2v) is 5.42. The summed E-state index contributed by atoms with van der Waals surface area (Å²) in [6.07, 6.45) is 9.83. The number of hydrogen-bond donors (Lipinski definition) is 0. The molecule has 20 heavy (non-hydrogen) atoms. The summed E-state index contributed by atoms with van der Waals surface area (Å²) in [6.45, 7) is 3.72. The van der Waals surface area contributed by atoms with Crippen molar-refractivity contribution in [1.29, 1.82) is 0 Å². The van der Waals surface area contributed by atoms with Crippen molar-refractivity contribution >= 4 is 5.65 Å². The maximum atomic E-state index is 12.3. The summed E-state index contributed by atoms with van der Waals surface area (Å²) in [4.78, 5) is 12.3. The quantitative estimate of drug-likeness (QED) is 0.848. The normalized spacial score (nSPS) is 23.2. The van der Waals surface area contributed by atoms with Gasteiger partial charge in [-0.2, -0.15) is 0 Å². The predicted molar refractivity (Wildman–Crippen MR) is 74.6 cm³/mol. The first-order valence-corrected chi connectivity index (χ1v) is 7.30. The SMILES string of the molecule is CCCC1OCCCC1Cn1ccn2cnnc2c1=O. The third kappa shape index (κ3) is 2.47. The predicted octanol–water partition coefficient (Wildman–Crippen LogP) is 1.49. The van der Waals surface area contributed by atoms with Crippen LogP contribution in [0, 0.1) is 5.92 Å². The van der Waals surface area contributed by atoms with Crippen LogP contribution in [0.2, 0.25) is 0 Å². The fourth-order valence-corrected chi connectivity index (χ4v) is 2.96. The molecule has 0 N–H and O–H groups in total. The van der Waals surface area contributed by atoms with E-state index < -0.39 is 0 Å². The third-order valence-corrected chi connectivity index (χ3v) is 4.01. The van der Waals surface area contributed by atoms with Gasteiger partial charge in [-0.25, -0.2) is 0 Å². The Labute approximate surface area is 117 Å². The van der Waals surface area contributed by atoms with Gasteiger partial charge in [-0.05, 0) is 19.3 Å².